The van der Waals surface area contributed by atoms with E-state index in [1.165, 1.54) is 18.7 Å². The number of rotatable bonds is 26. The highest BCUT2D eigenvalue weighted by Gasteiger charge is 2.40. The van der Waals surface area contributed by atoms with Crippen LogP contribution >= 0.6 is 21.6 Å². The van der Waals surface area contributed by atoms with Crippen molar-refractivity contribution in [3.05, 3.63) is 166 Å². The van der Waals surface area contributed by atoms with Crippen LogP contribution in [-0.4, -0.2) is 177 Å². The Morgan fingerprint density at radius 1 is 0.638 bits per heavy atom. The molecule has 0 spiro atoms. The first kappa shape index (κ1) is 83.4. The number of nitrogens with two attached hydrogens (primary N) is 2. The van der Waals surface area contributed by atoms with Crippen LogP contribution in [0.2, 0.25) is 0 Å². The maximum absolute atomic E-state index is 15.3. The highest BCUT2D eigenvalue weighted by Crippen LogP contribution is 2.27. The smallest absolute Gasteiger partial charge is 0.244 e. The topological polar surface area (TPSA) is 404 Å². The van der Waals surface area contributed by atoms with Gasteiger partial charge in [0.1, 0.15) is 66.3 Å². The largest absolute Gasteiger partial charge is 0.377 e. The number of carbonyl (C=O) groups is 11. The summed E-state index contributed by atoms with van der Waals surface area (Å²) >= 11 is 0. The highest BCUT2D eigenvalue weighted by molar-refractivity contribution is 8.76. The number of β-amino-alcohol motifs (C(OH)–C–C–N with tert-alkyl or cyclic N) is 1. The van der Waals surface area contributed by atoms with Gasteiger partial charge in [0.25, 0.3) is 0 Å². The van der Waals surface area contributed by atoms with Crippen molar-refractivity contribution in [1.29, 1.82) is 0 Å². The van der Waals surface area contributed by atoms with Crippen LogP contribution < -0.4 is 64.6 Å². The van der Waals surface area contributed by atoms with E-state index in [0.29, 0.717) is 29.5 Å². The van der Waals surface area contributed by atoms with Gasteiger partial charge in [-0.25, -0.2) is 0 Å². The number of likely N-dealkylation sites (tertiary alicyclic amines) is 1. The number of aliphatic hydroxyl groups is 2. The second kappa shape index (κ2) is 41.1. The molecule has 9 amide bonds. The van der Waals surface area contributed by atoms with Crippen molar-refractivity contribution < 1.29 is 63.0 Å². The summed E-state index contributed by atoms with van der Waals surface area (Å²) in [7, 11) is 1.93. The average Bonchev–Trinajstić information content (AvgIpc) is 1.82. The van der Waals surface area contributed by atoms with Crippen LogP contribution in [-0.2, 0) is 85.1 Å². The lowest BCUT2D eigenvalue weighted by molar-refractivity contribution is -0.140. The molecule has 2 heterocycles. The molecule has 2 aliphatic rings. The predicted molar refractivity (Wildman–Crippen MR) is 404 cm³/mol. The van der Waals surface area contributed by atoms with E-state index in [9.17, 15) is 53.4 Å². The van der Waals surface area contributed by atoms with Gasteiger partial charge in [0, 0.05) is 63.2 Å². The summed E-state index contributed by atoms with van der Waals surface area (Å²) in [5.74, 6) is -9.32. The number of carbonyl (C=O) groups excluding carboxylic acids is 11. The molecular formula is C77H103N13O13S2. The van der Waals surface area contributed by atoms with Gasteiger partial charge in [0.2, 0.25) is 53.2 Å². The Morgan fingerprint density at radius 3 is 1.82 bits per heavy atom. The lowest BCUT2D eigenvalue weighted by Gasteiger charge is -2.30. The quantitative estimate of drug-likeness (QED) is 0.0279. The van der Waals surface area contributed by atoms with E-state index in [2.05, 4.69) is 53.2 Å². The summed E-state index contributed by atoms with van der Waals surface area (Å²) in [6.45, 7) is 13.5. The number of amides is 9. The minimum absolute atomic E-state index is 0.0487. The minimum Gasteiger partial charge on any atom is -0.377 e. The van der Waals surface area contributed by atoms with Crippen LogP contribution in [0.4, 0.5) is 0 Å². The summed E-state index contributed by atoms with van der Waals surface area (Å²) in [6, 6.07) is 25.0. The van der Waals surface area contributed by atoms with Crippen molar-refractivity contribution in [1.82, 2.24) is 58.1 Å². The summed E-state index contributed by atoms with van der Waals surface area (Å²) in [5.41, 5.74) is 19.3. The fourth-order valence-corrected chi connectivity index (χ4v) is 14.6. The molecule has 566 valence electrons. The standard InChI is InChI=1S/C77H103N13O13S2/c1-44(2)32-57(79)77(103)90-31-13-18-65(90)75(101)87-63-42-104-105-43-64(74(100)86-62(38-52-27-29-56(30-28-52)55-16-10-9-11-17-55)71(97)82-58(33-48(7)91)68(94)80-40-54-15-12-14-53(35-54)39-78)88-76(102)67(45(3)4)89-66(93)41-81-69(95)60(36-50-23-19-46(5)20-24-50)84-72(98)61(37-51-25-21-47(6)22-26-51)85-70(96)59(34-49(8)92)83-73(63)99/h9-12,14-17,19-30,35,44-45,57-68,80,89,93-94H,13,18,31-34,36-43,78-79H2,1-8H3,(H,81,95)(H,82,97)(H,83,99)(H,84,98)(H,85,96)(H,86,100)(H,87,101)(H,88,102)/t57-,58-,59-,60-,61-,62-,63-,64-,65-,66+,67-,68+/m0/s1. The first-order valence-electron chi connectivity index (χ1n) is 35.6. The number of nitrogens with zero attached hydrogens (tertiary/aromatic N) is 1. The maximum Gasteiger partial charge on any atom is 0.244 e. The van der Waals surface area contributed by atoms with Crippen LogP contribution in [0.3, 0.4) is 0 Å². The number of aryl methyl sites for hydroxylation is 2. The molecule has 2 aliphatic heterocycles. The fourth-order valence-electron chi connectivity index (χ4n) is 12.3. The molecule has 7 rings (SSSR count). The van der Waals surface area contributed by atoms with Gasteiger partial charge in [-0.1, -0.05) is 188 Å². The summed E-state index contributed by atoms with van der Waals surface area (Å²) < 4.78 is 0. The molecule has 5 aromatic rings. The van der Waals surface area contributed by atoms with E-state index < -0.39 is 151 Å². The zero-order chi connectivity index (χ0) is 76.4. The maximum atomic E-state index is 15.3. The zero-order valence-corrected chi connectivity index (χ0v) is 62.5. The number of hydrogen-bond acceptors (Lipinski definition) is 19. The number of benzene rings is 5. The highest BCUT2D eigenvalue weighted by atomic mass is 33.1. The number of nitrogens with one attached hydrogen (secondary N) is 10. The van der Waals surface area contributed by atoms with Crippen molar-refractivity contribution in [2.24, 2.45) is 23.3 Å². The Labute approximate surface area is 622 Å². The van der Waals surface area contributed by atoms with Gasteiger partial charge in [-0.3, -0.25) is 63.4 Å². The van der Waals surface area contributed by atoms with Gasteiger partial charge >= 0.3 is 0 Å². The number of hydrogen-bond donors (Lipinski definition) is 14. The van der Waals surface area contributed by atoms with Gasteiger partial charge < -0.3 is 69.1 Å². The molecular weight excluding hydrogens is 1380 g/mol. The second-order valence-corrected chi connectivity index (χ2v) is 30.5. The van der Waals surface area contributed by atoms with Crippen LogP contribution in [0, 0.1) is 25.7 Å². The van der Waals surface area contributed by atoms with E-state index in [0.717, 1.165) is 55.0 Å². The number of aliphatic hydroxyl groups excluding tert-OH is 2. The normalized spacial score (nSPS) is 21.7. The molecule has 12 atom stereocenters. The third-order valence-corrected chi connectivity index (χ3v) is 20.5. The van der Waals surface area contributed by atoms with Crippen LogP contribution in [0.25, 0.3) is 11.1 Å². The Bertz CT molecular complexity index is 3780. The number of Topliss-reactive ketones (excluding diaryl/α,β-unsaturated/α-hetero) is 2. The second-order valence-electron chi connectivity index (χ2n) is 27.9. The van der Waals surface area contributed by atoms with Gasteiger partial charge in [-0.2, -0.15) is 0 Å². The Hall–Kier alpha value is -8.87. The van der Waals surface area contributed by atoms with E-state index in [1.54, 1.807) is 50.2 Å². The monoisotopic (exact) mass is 1480 g/mol. The van der Waals surface area contributed by atoms with Crippen LogP contribution in [0.5, 0.6) is 0 Å². The summed E-state index contributed by atoms with van der Waals surface area (Å²) in [6.07, 6.45) is -3.42. The molecule has 5 aromatic carbocycles. The predicted octanol–water partition coefficient (Wildman–Crippen LogP) is 2.73. The van der Waals surface area contributed by atoms with Gasteiger partial charge in [0.05, 0.1) is 24.7 Å². The van der Waals surface area contributed by atoms with Gasteiger partial charge in [-0.15, -0.1) is 0 Å². The molecule has 2 saturated heterocycles. The van der Waals surface area contributed by atoms with Crippen molar-refractivity contribution in [2.75, 3.05) is 24.6 Å². The molecule has 26 nitrogen and oxygen atoms in total. The van der Waals surface area contributed by atoms with Crippen LogP contribution in [0.15, 0.2) is 127 Å². The molecule has 2 fully saturated rings. The first-order chi connectivity index (χ1) is 50.0. The molecule has 0 aliphatic carbocycles. The average molecular weight is 1480 g/mol. The molecule has 0 saturated carbocycles. The van der Waals surface area contributed by atoms with Gasteiger partial charge in [-0.05, 0) is 97.7 Å². The third-order valence-electron chi connectivity index (χ3n) is 18.1. The molecule has 0 bridgehead atoms. The number of ketones is 2. The Morgan fingerprint density at radius 2 is 1.22 bits per heavy atom. The molecule has 105 heavy (non-hydrogen) atoms. The van der Waals surface area contributed by atoms with E-state index in [1.807, 2.05) is 119 Å². The zero-order valence-electron chi connectivity index (χ0n) is 60.9. The lowest BCUT2D eigenvalue weighted by atomic mass is 9.99. The van der Waals surface area contributed by atoms with Crippen molar-refractivity contribution in [3.63, 3.8) is 0 Å². The minimum atomic E-state index is -1.66. The van der Waals surface area contributed by atoms with E-state index >= 15 is 9.59 Å². The van der Waals surface area contributed by atoms with Crippen molar-refractivity contribution in [2.45, 2.75) is 193 Å². The van der Waals surface area contributed by atoms with E-state index in [4.69, 9.17) is 11.5 Å². The SMILES string of the molecule is CC(=O)C[C@@H]1NC(=O)[C@@H](NC(=O)[C@@H]2CCCN2C(=O)[C@@H](N)CC(C)C)CSSC[C@@H](C(=O)N[C@@H](Cc2ccc(-c3ccccc3)cc2)C(=O)N[C@@H](CC(C)=O)[C@@H](O)NCc2cccc(CN)c2)NC(=O)[C@H](C(C)C)N[C@H](O)CNC(=O)[C@H](Cc2ccc(C)cc2)NC(=O)[C@H](Cc2ccc(C)cc2)NC1=O. The van der Waals surface area contributed by atoms with Crippen LogP contribution in [0.1, 0.15) is 113 Å². The summed E-state index contributed by atoms with van der Waals surface area (Å²) in [4.78, 5) is 160. The molecule has 0 radical (unpaired) electrons. The summed E-state index contributed by atoms with van der Waals surface area (Å²) in [5, 5.41) is 51.3. The molecule has 0 unspecified atom stereocenters. The molecule has 16 N–H and O–H groups in total. The van der Waals surface area contributed by atoms with E-state index in [-0.39, 0.29) is 74.9 Å². The Kier molecular flexibility index (Phi) is 32.7. The fraction of sp³-hybridized carbons (Fsp3) is 0.468. The molecule has 28 heteroatoms. The molecule has 0 aromatic heterocycles. The lowest BCUT2D eigenvalue weighted by Crippen LogP contribution is -2.61. The van der Waals surface area contributed by atoms with Gasteiger partial charge in [0.15, 0.2) is 0 Å². The Balaban J connectivity index is 1.27. The van der Waals surface area contributed by atoms with Crippen molar-refractivity contribution in [3.8, 4) is 11.1 Å². The third kappa shape index (κ3) is 26.6. The van der Waals surface area contributed by atoms with Crippen molar-refractivity contribution >= 4 is 86.3 Å². The first-order valence-corrected chi connectivity index (χ1v) is 38.1.